The van der Waals surface area contributed by atoms with Crippen molar-refractivity contribution in [3.63, 3.8) is 0 Å². The second-order valence-electron chi connectivity index (χ2n) is 2.34. The Bertz CT molecular complexity index is 301. The van der Waals surface area contributed by atoms with E-state index in [0.717, 1.165) is 0 Å². The van der Waals surface area contributed by atoms with Gasteiger partial charge in [0.25, 0.3) is 0 Å². The fourth-order valence-electron chi connectivity index (χ4n) is 0.833. The van der Waals surface area contributed by atoms with Gasteiger partial charge >= 0.3 is 29.6 Å². The number of hydrogen-bond donors (Lipinski definition) is 0. The second kappa shape index (κ2) is 6.70. The minimum Gasteiger partial charge on any atom is -0.546 e. The van der Waals surface area contributed by atoms with Crippen LogP contribution in [0.1, 0.15) is 0 Å². The largest absolute Gasteiger partial charge is 1.00 e. The fourth-order valence-corrected chi connectivity index (χ4v) is 0.833. The molecule has 5 heteroatoms. The van der Waals surface area contributed by atoms with Crippen LogP contribution in [0.2, 0.25) is 0 Å². The smallest absolute Gasteiger partial charge is 0.546 e. The van der Waals surface area contributed by atoms with E-state index in [1.807, 2.05) is 0 Å². The number of ether oxygens (including phenoxy) is 2. The van der Waals surface area contributed by atoms with Crippen LogP contribution in [0.5, 0.6) is 11.5 Å². The van der Waals surface area contributed by atoms with Crippen LogP contribution in [0, 0.1) is 0 Å². The van der Waals surface area contributed by atoms with E-state index in [-0.39, 0.29) is 29.6 Å². The summed E-state index contributed by atoms with van der Waals surface area (Å²) in [5.41, 5.74) is 0. The van der Waals surface area contributed by atoms with Gasteiger partial charge in [0.05, 0.1) is 13.1 Å². The van der Waals surface area contributed by atoms with Crippen molar-refractivity contribution >= 4 is 5.97 Å². The number of methoxy groups -OCH3 is 1. The van der Waals surface area contributed by atoms with Gasteiger partial charge < -0.3 is 19.4 Å². The van der Waals surface area contributed by atoms with Crippen molar-refractivity contribution in [1.29, 1.82) is 0 Å². The molecule has 0 heterocycles. The van der Waals surface area contributed by atoms with Gasteiger partial charge in [0.1, 0.15) is 18.1 Å². The van der Waals surface area contributed by atoms with Crippen molar-refractivity contribution in [3.8, 4) is 11.5 Å². The van der Waals surface area contributed by atoms with Crippen LogP contribution < -0.4 is 44.1 Å². The fraction of sp³-hybridized carbons (Fsp3) is 0.222. The molecule has 0 saturated heterocycles. The Morgan fingerprint density at radius 1 is 1.43 bits per heavy atom. The third kappa shape index (κ3) is 4.50. The van der Waals surface area contributed by atoms with E-state index in [4.69, 9.17) is 9.47 Å². The van der Waals surface area contributed by atoms with Crippen LogP contribution in [0.4, 0.5) is 0 Å². The van der Waals surface area contributed by atoms with Crippen molar-refractivity contribution in [2.24, 2.45) is 0 Å². The zero-order valence-electron chi connectivity index (χ0n) is 8.15. The molecule has 0 fully saturated rings. The van der Waals surface area contributed by atoms with Crippen molar-refractivity contribution in [2.45, 2.75) is 0 Å². The van der Waals surface area contributed by atoms with Crippen LogP contribution >= 0.6 is 0 Å². The molecule has 1 aromatic carbocycles. The maximum Gasteiger partial charge on any atom is 1.00 e. The van der Waals surface area contributed by atoms with E-state index in [1.54, 1.807) is 24.3 Å². The minimum atomic E-state index is -1.25. The van der Waals surface area contributed by atoms with E-state index in [1.165, 1.54) is 7.11 Å². The van der Waals surface area contributed by atoms with E-state index < -0.39 is 12.6 Å². The number of carbonyl (C=O) groups excluding carboxylic acids is 1. The predicted octanol–water partition coefficient (Wildman–Crippen LogP) is -3.17. The number of rotatable bonds is 4. The first-order chi connectivity index (χ1) is 6.22. The monoisotopic (exact) mass is 204 g/mol. The Morgan fingerprint density at radius 2 is 2.07 bits per heavy atom. The summed E-state index contributed by atoms with van der Waals surface area (Å²) < 4.78 is 9.79. The van der Waals surface area contributed by atoms with Gasteiger partial charge in [0.2, 0.25) is 0 Å². The molecule has 70 valence electrons. The quantitative estimate of drug-likeness (QED) is 0.485. The van der Waals surface area contributed by atoms with Crippen LogP contribution in [-0.2, 0) is 4.79 Å². The van der Waals surface area contributed by atoms with Crippen LogP contribution in [0.15, 0.2) is 24.3 Å². The van der Waals surface area contributed by atoms with E-state index >= 15 is 0 Å². The zero-order valence-corrected chi connectivity index (χ0v) is 10.1. The number of aliphatic carboxylic acids is 1. The summed E-state index contributed by atoms with van der Waals surface area (Å²) in [6.07, 6.45) is 0. The SMILES string of the molecule is COc1cccc(OCC(=O)[O-])c1.[Na+]. The van der Waals surface area contributed by atoms with Crippen molar-refractivity contribution in [3.05, 3.63) is 24.3 Å². The van der Waals surface area contributed by atoms with Crippen molar-refractivity contribution in [2.75, 3.05) is 13.7 Å². The number of hydrogen-bond acceptors (Lipinski definition) is 4. The summed E-state index contributed by atoms with van der Waals surface area (Å²) in [4.78, 5) is 10.1. The summed E-state index contributed by atoms with van der Waals surface area (Å²) >= 11 is 0. The number of benzene rings is 1. The maximum absolute atomic E-state index is 10.1. The molecular weight excluding hydrogens is 195 g/mol. The summed E-state index contributed by atoms with van der Waals surface area (Å²) in [6, 6.07) is 6.70. The first-order valence-electron chi connectivity index (χ1n) is 3.69. The molecule has 0 radical (unpaired) electrons. The van der Waals surface area contributed by atoms with Crippen molar-refractivity contribution in [1.82, 2.24) is 0 Å². The van der Waals surface area contributed by atoms with Gasteiger partial charge in [-0.2, -0.15) is 0 Å². The molecule has 1 aromatic rings. The maximum atomic E-state index is 10.1. The van der Waals surface area contributed by atoms with Crippen molar-refractivity contribution < 1.29 is 48.9 Å². The number of carbonyl (C=O) groups is 1. The standard InChI is InChI=1S/C9H10O4.Na/c1-12-7-3-2-4-8(5-7)13-6-9(10)11;/h2-5H,6H2,1H3,(H,10,11);/q;+1/p-1. The molecule has 14 heavy (non-hydrogen) atoms. The number of carboxylic acid groups (broad SMARTS) is 1. The zero-order chi connectivity index (χ0) is 9.68. The van der Waals surface area contributed by atoms with Gasteiger partial charge in [-0.3, -0.25) is 0 Å². The molecule has 0 aliphatic carbocycles. The molecule has 0 N–H and O–H groups in total. The van der Waals surface area contributed by atoms with Gasteiger partial charge in [-0.25, -0.2) is 0 Å². The first kappa shape index (κ1) is 13.3. The molecule has 0 unspecified atom stereocenters. The summed E-state index contributed by atoms with van der Waals surface area (Å²) in [5.74, 6) is -0.179. The van der Waals surface area contributed by atoms with Crippen LogP contribution in [0.25, 0.3) is 0 Å². The van der Waals surface area contributed by atoms with Gasteiger partial charge in [0.15, 0.2) is 0 Å². The molecule has 0 amide bonds. The summed E-state index contributed by atoms with van der Waals surface area (Å²) in [6.45, 7) is -0.451. The first-order valence-corrected chi connectivity index (χ1v) is 3.69. The molecule has 4 nitrogen and oxygen atoms in total. The Kier molecular flexibility index (Phi) is 6.36. The third-order valence-electron chi connectivity index (χ3n) is 1.40. The van der Waals surface area contributed by atoms with E-state index in [0.29, 0.717) is 11.5 Å². The van der Waals surface area contributed by atoms with E-state index in [9.17, 15) is 9.90 Å². The molecular formula is C9H9NaO4. The summed E-state index contributed by atoms with van der Waals surface area (Å²) in [5, 5.41) is 10.1. The molecule has 0 bridgehead atoms. The van der Waals surface area contributed by atoms with Crippen LogP contribution in [-0.4, -0.2) is 19.7 Å². The molecule has 0 atom stereocenters. The minimum absolute atomic E-state index is 0. The molecule has 0 aliphatic heterocycles. The van der Waals surface area contributed by atoms with Gasteiger partial charge in [-0.1, -0.05) is 6.07 Å². The Balaban J connectivity index is 0.00000169. The van der Waals surface area contributed by atoms with Crippen LogP contribution in [0.3, 0.4) is 0 Å². The topological polar surface area (TPSA) is 58.6 Å². The molecule has 0 aliphatic rings. The Labute approximate surface area is 104 Å². The molecule has 0 spiro atoms. The van der Waals surface area contributed by atoms with Gasteiger partial charge in [-0.15, -0.1) is 0 Å². The van der Waals surface area contributed by atoms with E-state index in [2.05, 4.69) is 0 Å². The predicted molar refractivity (Wildman–Crippen MR) is 43.5 cm³/mol. The number of carboxylic acids is 1. The van der Waals surface area contributed by atoms with Gasteiger partial charge in [-0.05, 0) is 12.1 Å². The molecule has 0 saturated carbocycles. The van der Waals surface area contributed by atoms with Gasteiger partial charge in [0, 0.05) is 6.07 Å². The third-order valence-corrected chi connectivity index (χ3v) is 1.40. The average Bonchev–Trinajstić information content (AvgIpc) is 2.15. The summed E-state index contributed by atoms with van der Waals surface area (Å²) in [7, 11) is 1.53. The normalized spacial score (nSPS) is 8.64. The Morgan fingerprint density at radius 3 is 2.64 bits per heavy atom. The molecule has 1 rings (SSSR count). The molecule has 0 aromatic heterocycles. The Hall–Kier alpha value is -0.710. The average molecular weight is 204 g/mol. The second-order valence-corrected chi connectivity index (χ2v) is 2.34.